The van der Waals surface area contributed by atoms with E-state index in [-0.39, 0.29) is 12.5 Å². The van der Waals surface area contributed by atoms with Crippen LogP contribution >= 0.6 is 0 Å². The van der Waals surface area contributed by atoms with E-state index < -0.39 is 6.10 Å². The van der Waals surface area contributed by atoms with Crippen molar-refractivity contribution in [3.05, 3.63) is 41.5 Å². The standard InChI is InChI=1S/C17H16B2O5/c1-21-14-5-9(3-4-13(14)24-19)16-12(8-20)11-6-10(18)7-15(22-2)17(11)23-16/h3-7,12,16,20H,8H2,1-2H3. The summed E-state index contributed by atoms with van der Waals surface area (Å²) >= 11 is 0. The second kappa shape index (κ2) is 6.69. The van der Waals surface area contributed by atoms with Crippen LogP contribution in [0.5, 0.6) is 23.0 Å². The summed E-state index contributed by atoms with van der Waals surface area (Å²) in [5, 5.41) is 9.89. The van der Waals surface area contributed by atoms with E-state index in [0.29, 0.717) is 28.5 Å². The van der Waals surface area contributed by atoms with Crippen molar-refractivity contribution in [1.29, 1.82) is 0 Å². The van der Waals surface area contributed by atoms with Gasteiger partial charge in [-0.05, 0) is 23.8 Å². The normalized spacial score (nSPS) is 18.6. The van der Waals surface area contributed by atoms with Gasteiger partial charge in [0.2, 0.25) is 0 Å². The monoisotopic (exact) mass is 322 g/mol. The zero-order valence-electron chi connectivity index (χ0n) is 13.5. The largest absolute Gasteiger partial charge is 0.565 e. The minimum absolute atomic E-state index is 0.0955. The van der Waals surface area contributed by atoms with Gasteiger partial charge < -0.3 is 24.0 Å². The molecular weight excluding hydrogens is 306 g/mol. The summed E-state index contributed by atoms with van der Waals surface area (Å²) in [5.41, 5.74) is 2.19. The Labute approximate surface area is 143 Å². The highest BCUT2D eigenvalue weighted by Crippen LogP contribution is 2.50. The average molecular weight is 322 g/mol. The Balaban J connectivity index is 2.04. The van der Waals surface area contributed by atoms with Crippen molar-refractivity contribution >= 4 is 21.4 Å². The number of benzene rings is 2. The summed E-state index contributed by atoms with van der Waals surface area (Å²) in [4.78, 5) is 0. The molecule has 1 aliphatic rings. The lowest BCUT2D eigenvalue weighted by Gasteiger charge is -2.19. The number of ether oxygens (including phenoxy) is 3. The van der Waals surface area contributed by atoms with Gasteiger partial charge in [0.15, 0.2) is 17.2 Å². The first-order valence-electron chi connectivity index (χ1n) is 7.42. The molecule has 2 unspecified atom stereocenters. The molecule has 3 rings (SSSR count). The van der Waals surface area contributed by atoms with Gasteiger partial charge in [0, 0.05) is 5.56 Å². The molecule has 2 atom stereocenters. The molecular formula is C17H16B2O5. The number of rotatable bonds is 5. The van der Waals surface area contributed by atoms with E-state index >= 15 is 0 Å². The number of fused-ring (bicyclic) bond motifs is 1. The molecule has 0 spiro atoms. The Morgan fingerprint density at radius 1 is 1.08 bits per heavy atom. The molecule has 1 heterocycles. The first-order valence-corrected chi connectivity index (χ1v) is 7.42. The predicted octanol–water partition coefficient (Wildman–Crippen LogP) is 1.17. The van der Waals surface area contributed by atoms with Crippen molar-refractivity contribution in [2.24, 2.45) is 0 Å². The number of methoxy groups -OCH3 is 2. The molecule has 0 saturated heterocycles. The molecule has 1 N–H and O–H groups in total. The summed E-state index contributed by atoms with van der Waals surface area (Å²) in [5.74, 6) is 1.76. The van der Waals surface area contributed by atoms with Gasteiger partial charge in [-0.2, -0.15) is 0 Å². The van der Waals surface area contributed by atoms with E-state index in [1.807, 2.05) is 6.07 Å². The van der Waals surface area contributed by atoms with E-state index in [4.69, 9.17) is 34.8 Å². The molecule has 4 radical (unpaired) electrons. The van der Waals surface area contributed by atoms with Gasteiger partial charge in [-0.3, -0.25) is 0 Å². The van der Waals surface area contributed by atoms with E-state index in [0.717, 1.165) is 11.1 Å². The molecule has 0 amide bonds. The van der Waals surface area contributed by atoms with Gasteiger partial charge in [0.05, 0.1) is 26.7 Å². The SMILES string of the molecule is [B]Oc1ccc(C2Oc3c(OC)cc([B])cc3C2CO)cc1OC. The van der Waals surface area contributed by atoms with E-state index in [9.17, 15) is 5.11 Å². The van der Waals surface area contributed by atoms with Crippen LogP contribution in [0.3, 0.4) is 0 Å². The van der Waals surface area contributed by atoms with Crippen LogP contribution in [-0.4, -0.2) is 41.8 Å². The van der Waals surface area contributed by atoms with Crippen LogP contribution in [0.4, 0.5) is 0 Å². The molecule has 7 heteroatoms. The van der Waals surface area contributed by atoms with Gasteiger partial charge in [-0.1, -0.05) is 17.6 Å². The van der Waals surface area contributed by atoms with E-state index in [2.05, 4.69) is 0 Å². The third kappa shape index (κ3) is 2.69. The van der Waals surface area contributed by atoms with E-state index in [1.54, 1.807) is 31.4 Å². The summed E-state index contributed by atoms with van der Waals surface area (Å²) < 4.78 is 21.5. The molecule has 2 aromatic rings. The molecule has 0 aliphatic carbocycles. The predicted molar refractivity (Wildman–Crippen MR) is 91.0 cm³/mol. The minimum Gasteiger partial charge on any atom is -0.565 e. The highest BCUT2D eigenvalue weighted by Gasteiger charge is 2.37. The van der Waals surface area contributed by atoms with E-state index in [1.165, 1.54) is 7.11 Å². The minimum atomic E-state index is -0.401. The van der Waals surface area contributed by atoms with Crippen LogP contribution in [0, 0.1) is 0 Å². The molecule has 120 valence electrons. The Bertz CT molecular complexity index is 750. The number of hydrogen-bond acceptors (Lipinski definition) is 5. The second-order valence-electron chi connectivity index (χ2n) is 5.50. The fourth-order valence-electron chi connectivity index (χ4n) is 3.02. The highest BCUT2D eigenvalue weighted by molar-refractivity contribution is 6.32. The molecule has 0 saturated carbocycles. The summed E-state index contributed by atoms with van der Waals surface area (Å²) in [6.07, 6.45) is -0.401. The average Bonchev–Trinajstić information content (AvgIpc) is 2.98. The Morgan fingerprint density at radius 2 is 1.83 bits per heavy atom. The van der Waals surface area contributed by atoms with Crippen molar-refractivity contribution in [3.63, 3.8) is 0 Å². The molecule has 1 aliphatic heterocycles. The van der Waals surface area contributed by atoms with Crippen molar-refractivity contribution in [1.82, 2.24) is 0 Å². The van der Waals surface area contributed by atoms with Gasteiger partial charge in [-0.25, -0.2) is 0 Å². The molecule has 5 nitrogen and oxygen atoms in total. The zero-order chi connectivity index (χ0) is 17.3. The number of hydrogen-bond donors (Lipinski definition) is 1. The van der Waals surface area contributed by atoms with Gasteiger partial charge in [0.1, 0.15) is 19.7 Å². The lowest BCUT2D eigenvalue weighted by molar-refractivity contribution is 0.157. The topological polar surface area (TPSA) is 57.2 Å². The zero-order valence-corrected chi connectivity index (χ0v) is 13.5. The van der Waals surface area contributed by atoms with Crippen LogP contribution in [0.2, 0.25) is 0 Å². The maximum atomic E-state index is 9.89. The number of aliphatic hydroxyl groups excluding tert-OH is 1. The second-order valence-corrected chi connectivity index (χ2v) is 5.50. The Hall–Kier alpha value is -2.27. The third-order valence-electron chi connectivity index (χ3n) is 4.18. The van der Waals surface area contributed by atoms with Gasteiger partial charge in [-0.15, -0.1) is 0 Å². The maximum absolute atomic E-state index is 9.89. The summed E-state index contributed by atoms with van der Waals surface area (Å²) in [6.45, 7) is -0.0955. The molecule has 0 fully saturated rings. The van der Waals surface area contributed by atoms with Crippen molar-refractivity contribution in [2.75, 3.05) is 20.8 Å². The summed E-state index contributed by atoms with van der Waals surface area (Å²) in [6, 6.07) is 8.78. The van der Waals surface area contributed by atoms with Crippen molar-refractivity contribution < 1.29 is 24.0 Å². The number of aliphatic hydroxyl groups is 1. The van der Waals surface area contributed by atoms with Crippen molar-refractivity contribution in [3.8, 4) is 23.0 Å². The highest BCUT2D eigenvalue weighted by atomic mass is 16.5. The van der Waals surface area contributed by atoms with Crippen molar-refractivity contribution in [2.45, 2.75) is 12.0 Å². The molecule has 2 aromatic carbocycles. The van der Waals surface area contributed by atoms with Gasteiger partial charge in [0.25, 0.3) is 0 Å². The van der Waals surface area contributed by atoms with Crippen LogP contribution in [0.15, 0.2) is 30.3 Å². The first kappa shape index (κ1) is 16.6. The Kier molecular flexibility index (Phi) is 4.62. The fraction of sp³-hybridized carbons (Fsp3) is 0.294. The molecule has 0 bridgehead atoms. The van der Waals surface area contributed by atoms with Crippen LogP contribution in [-0.2, 0) is 0 Å². The lowest BCUT2D eigenvalue weighted by Crippen LogP contribution is -2.14. The Morgan fingerprint density at radius 3 is 2.46 bits per heavy atom. The maximum Gasteiger partial charge on any atom is 0.374 e. The smallest absolute Gasteiger partial charge is 0.374 e. The quantitative estimate of drug-likeness (QED) is 0.838. The van der Waals surface area contributed by atoms with Crippen LogP contribution < -0.4 is 24.3 Å². The van der Waals surface area contributed by atoms with Gasteiger partial charge >= 0.3 is 8.05 Å². The fourth-order valence-corrected chi connectivity index (χ4v) is 3.02. The summed E-state index contributed by atoms with van der Waals surface area (Å²) in [7, 11) is 14.2. The molecule has 0 aromatic heterocycles. The van der Waals surface area contributed by atoms with Crippen LogP contribution in [0.25, 0.3) is 0 Å². The first-order chi connectivity index (χ1) is 11.6. The molecule has 24 heavy (non-hydrogen) atoms. The third-order valence-corrected chi connectivity index (χ3v) is 4.18. The van der Waals surface area contributed by atoms with Crippen LogP contribution in [0.1, 0.15) is 23.1 Å². The lowest BCUT2D eigenvalue weighted by atomic mass is 9.87.